The van der Waals surface area contributed by atoms with E-state index in [1.165, 1.54) is 36.2 Å². The predicted molar refractivity (Wildman–Crippen MR) is 97.6 cm³/mol. The van der Waals surface area contributed by atoms with Crippen LogP contribution in [0.5, 0.6) is 0 Å². The lowest BCUT2D eigenvalue weighted by molar-refractivity contribution is 0.162. The lowest BCUT2D eigenvalue weighted by Crippen LogP contribution is -2.48. The zero-order valence-corrected chi connectivity index (χ0v) is 14.3. The molecule has 0 amide bonds. The maximum Gasteiger partial charge on any atom is 0.0208 e. The van der Waals surface area contributed by atoms with Gasteiger partial charge in [0.25, 0.3) is 0 Å². The molecule has 2 aromatic carbocycles. The van der Waals surface area contributed by atoms with Crippen molar-refractivity contribution in [3.63, 3.8) is 0 Å². The van der Waals surface area contributed by atoms with Crippen molar-refractivity contribution in [1.82, 2.24) is 10.2 Å². The number of piperidine rings is 1. The molecule has 1 unspecified atom stereocenters. The highest BCUT2D eigenvalue weighted by atomic mass is 15.1. The van der Waals surface area contributed by atoms with Crippen LogP contribution < -0.4 is 5.32 Å². The van der Waals surface area contributed by atoms with Crippen LogP contribution in [0.3, 0.4) is 0 Å². The zero-order chi connectivity index (χ0) is 16.1. The van der Waals surface area contributed by atoms with Crippen molar-refractivity contribution >= 4 is 0 Å². The number of hydrogen-bond donors (Lipinski definition) is 1. The summed E-state index contributed by atoms with van der Waals surface area (Å²) in [7, 11) is 2.25. The maximum absolute atomic E-state index is 3.81. The van der Waals surface area contributed by atoms with Crippen LogP contribution in [0.15, 0.2) is 54.6 Å². The summed E-state index contributed by atoms with van der Waals surface area (Å²) in [5.74, 6) is 0.681. The maximum atomic E-state index is 3.81. The van der Waals surface area contributed by atoms with E-state index in [4.69, 9.17) is 0 Å². The summed E-state index contributed by atoms with van der Waals surface area (Å²) in [6.45, 7) is 5.50. The van der Waals surface area contributed by atoms with Crippen LogP contribution >= 0.6 is 0 Å². The van der Waals surface area contributed by atoms with E-state index in [0.717, 1.165) is 13.0 Å². The fraction of sp³-hybridized carbons (Fsp3) is 0.429. The summed E-state index contributed by atoms with van der Waals surface area (Å²) < 4.78 is 0. The third-order valence-corrected chi connectivity index (χ3v) is 4.97. The highest BCUT2D eigenvalue weighted by molar-refractivity contribution is 5.22. The van der Waals surface area contributed by atoms with Gasteiger partial charge in [-0.25, -0.2) is 0 Å². The summed E-state index contributed by atoms with van der Waals surface area (Å²) in [5, 5.41) is 3.81. The predicted octanol–water partition coefficient (Wildman–Crippen LogP) is 3.65. The van der Waals surface area contributed by atoms with Crippen molar-refractivity contribution in [2.24, 2.45) is 5.92 Å². The molecule has 1 N–H and O–H groups in total. The Bertz CT molecular complexity index is 591. The van der Waals surface area contributed by atoms with E-state index < -0.39 is 0 Å². The van der Waals surface area contributed by atoms with Gasteiger partial charge in [-0.2, -0.15) is 0 Å². The Hall–Kier alpha value is -1.64. The number of likely N-dealkylation sites (tertiary alicyclic amines) is 1. The minimum absolute atomic E-state index is 0.604. The van der Waals surface area contributed by atoms with Crippen LogP contribution in [-0.4, -0.2) is 31.1 Å². The molecule has 0 aromatic heterocycles. The van der Waals surface area contributed by atoms with Crippen LogP contribution in [-0.2, 0) is 13.0 Å². The summed E-state index contributed by atoms with van der Waals surface area (Å²) in [6.07, 6.45) is 2.40. The van der Waals surface area contributed by atoms with Gasteiger partial charge >= 0.3 is 0 Å². The van der Waals surface area contributed by atoms with Crippen LogP contribution in [0.25, 0.3) is 0 Å². The topological polar surface area (TPSA) is 15.3 Å². The average molecular weight is 308 g/mol. The third-order valence-electron chi connectivity index (χ3n) is 4.97. The highest BCUT2D eigenvalue weighted by Crippen LogP contribution is 2.21. The average Bonchev–Trinajstić information content (AvgIpc) is 2.57. The minimum Gasteiger partial charge on any atom is -0.310 e. The van der Waals surface area contributed by atoms with E-state index in [9.17, 15) is 0 Å². The van der Waals surface area contributed by atoms with Crippen LogP contribution in [0.1, 0.15) is 23.1 Å². The third kappa shape index (κ3) is 4.66. The molecule has 1 aliphatic rings. The number of benzene rings is 2. The Morgan fingerprint density at radius 3 is 2.48 bits per heavy atom. The van der Waals surface area contributed by atoms with Crippen molar-refractivity contribution in [1.29, 1.82) is 0 Å². The molecule has 122 valence electrons. The second-order valence-electron chi connectivity index (χ2n) is 6.97. The van der Waals surface area contributed by atoms with Gasteiger partial charge in [-0.3, -0.25) is 0 Å². The molecule has 0 saturated carbocycles. The molecule has 0 bridgehead atoms. The van der Waals surface area contributed by atoms with Crippen molar-refractivity contribution in [3.8, 4) is 0 Å². The molecule has 0 radical (unpaired) electrons. The standard InChI is InChI=1S/C21H28N2/c1-17-8-10-18(11-9-17)14-20-16-23(2)13-12-21(20)22-15-19-6-4-3-5-7-19/h3-11,20-22H,12-16H2,1-2H3/t20-,21?/m0/s1. The number of hydrogen-bond acceptors (Lipinski definition) is 2. The van der Waals surface area contributed by atoms with Crippen molar-refractivity contribution < 1.29 is 0 Å². The Morgan fingerprint density at radius 1 is 1.00 bits per heavy atom. The number of rotatable bonds is 5. The molecule has 1 heterocycles. The molecule has 0 aliphatic carbocycles. The molecule has 2 aromatic rings. The number of nitrogens with one attached hydrogen (secondary N) is 1. The molecular weight excluding hydrogens is 280 g/mol. The first-order valence-corrected chi connectivity index (χ1v) is 8.72. The van der Waals surface area contributed by atoms with E-state index >= 15 is 0 Å². The van der Waals surface area contributed by atoms with E-state index in [2.05, 4.69) is 78.8 Å². The van der Waals surface area contributed by atoms with Crippen molar-refractivity contribution in [2.75, 3.05) is 20.1 Å². The van der Waals surface area contributed by atoms with E-state index in [1.54, 1.807) is 0 Å². The molecular formula is C21H28N2. The van der Waals surface area contributed by atoms with Gasteiger partial charge < -0.3 is 10.2 Å². The van der Waals surface area contributed by atoms with Crippen LogP contribution in [0, 0.1) is 12.8 Å². The quantitative estimate of drug-likeness (QED) is 0.907. The Morgan fingerprint density at radius 2 is 1.74 bits per heavy atom. The summed E-state index contributed by atoms with van der Waals surface area (Å²) in [5.41, 5.74) is 4.18. The Labute approximate surface area is 140 Å². The van der Waals surface area contributed by atoms with E-state index in [1.807, 2.05) is 0 Å². The fourth-order valence-electron chi connectivity index (χ4n) is 3.56. The van der Waals surface area contributed by atoms with Gasteiger partial charge in [0.15, 0.2) is 0 Å². The molecule has 0 spiro atoms. The molecule has 2 atom stereocenters. The smallest absolute Gasteiger partial charge is 0.0208 e. The molecule has 2 nitrogen and oxygen atoms in total. The summed E-state index contributed by atoms with van der Waals surface area (Å²) in [4.78, 5) is 2.47. The first-order valence-electron chi connectivity index (χ1n) is 8.72. The van der Waals surface area contributed by atoms with E-state index in [0.29, 0.717) is 12.0 Å². The van der Waals surface area contributed by atoms with Gasteiger partial charge in [0.1, 0.15) is 0 Å². The fourth-order valence-corrected chi connectivity index (χ4v) is 3.56. The lowest BCUT2D eigenvalue weighted by Gasteiger charge is -2.37. The SMILES string of the molecule is Cc1ccc(C[C@H]2CN(C)CCC2NCc2ccccc2)cc1. The summed E-state index contributed by atoms with van der Waals surface area (Å²) >= 11 is 0. The molecule has 23 heavy (non-hydrogen) atoms. The first-order chi connectivity index (χ1) is 11.2. The normalized spacial score (nSPS) is 22.2. The minimum atomic E-state index is 0.604. The summed E-state index contributed by atoms with van der Waals surface area (Å²) in [6, 6.07) is 20.4. The van der Waals surface area contributed by atoms with E-state index in [-0.39, 0.29) is 0 Å². The monoisotopic (exact) mass is 308 g/mol. The van der Waals surface area contributed by atoms with Gasteiger partial charge in [-0.1, -0.05) is 60.2 Å². The van der Waals surface area contributed by atoms with Gasteiger partial charge in [-0.05, 0) is 50.4 Å². The Balaban J connectivity index is 1.63. The molecule has 1 aliphatic heterocycles. The number of nitrogens with zero attached hydrogens (tertiary/aromatic N) is 1. The van der Waals surface area contributed by atoms with Crippen molar-refractivity contribution in [3.05, 3.63) is 71.3 Å². The first kappa shape index (κ1) is 16.2. The van der Waals surface area contributed by atoms with Crippen LogP contribution in [0.2, 0.25) is 0 Å². The highest BCUT2D eigenvalue weighted by Gasteiger charge is 2.27. The Kier molecular flexibility index (Phi) is 5.47. The second kappa shape index (κ2) is 7.76. The number of aryl methyl sites for hydroxylation is 1. The molecule has 1 saturated heterocycles. The van der Waals surface area contributed by atoms with Gasteiger partial charge in [0.2, 0.25) is 0 Å². The molecule has 2 heteroatoms. The lowest BCUT2D eigenvalue weighted by atomic mass is 9.86. The molecule has 3 rings (SSSR count). The van der Waals surface area contributed by atoms with Gasteiger partial charge in [-0.15, -0.1) is 0 Å². The van der Waals surface area contributed by atoms with Crippen molar-refractivity contribution in [2.45, 2.75) is 32.4 Å². The largest absolute Gasteiger partial charge is 0.310 e. The molecule has 1 fully saturated rings. The van der Waals surface area contributed by atoms with Gasteiger partial charge in [0.05, 0.1) is 0 Å². The van der Waals surface area contributed by atoms with Gasteiger partial charge in [0, 0.05) is 19.1 Å². The second-order valence-corrected chi connectivity index (χ2v) is 6.97. The zero-order valence-electron chi connectivity index (χ0n) is 14.3. The van der Waals surface area contributed by atoms with Crippen LogP contribution in [0.4, 0.5) is 0 Å².